The summed E-state index contributed by atoms with van der Waals surface area (Å²) in [6.07, 6.45) is 4.66. The van der Waals surface area contributed by atoms with Crippen LogP contribution in [0.5, 0.6) is 0 Å². The number of nitrogens with zero attached hydrogens (tertiary/aromatic N) is 1. The Morgan fingerprint density at radius 2 is 1.48 bits per heavy atom. The molecule has 21 heavy (non-hydrogen) atoms. The minimum atomic E-state index is 0.667. The highest BCUT2D eigenvalue weighted by molar-refractivity contribution is 5.36. The Bertz CT molecular complexity index is 364. The molecule has 0 spiro atoms. The Morgan fingerprint density at radius 3 is 2.00 bits per heavy atom. The van der Waals surface area contributed by atoms with Crippen molar-refractivity contribution in [3.8, 4) is 0 Å². The van der Waals surface area contributed by atoms with Gasteiger partial charge in [0.2, 0.25) is 0 Å². The van der Waals surface area contributed by atoms with Gasteiger partial charge in [0.25, 0.3) is 0 Å². The van der Waals surface area contributed by atoms with Crippen LogP contribution >= 0.6 is 0 Å². The Kier molecular flexibility index (Phi) is 7.44. The van der Waals surface area contributed by atoms with Crippen molar-refractivity contribution in [3.63, 3.8) is 0 Å². The lowest BCUT2D eigenvalue weighted by Gasteiger charge is -2.23. The lowest BCUT2D eigenvalue weighted by Crippen LogP contribution is -2.33. The summed E-state index contributed by atoms with van der Waals surface area (Å²) >= 11 is 0. The predicted molar refractivity (Wildman–Crippen MR) is 84.6 cm³/mol. The maximum absolute atomic E-state index is 5.61. The molecule has 0 N–H and O–H groups in total. The summed E-state index contributed by atoms with van der Waals surface area (Å²) in [4.78, 5) is 2.45. The third-order valence-electron chi connectivity index (χ3n) is 4.18. The lowest BCUT2D eigenvalue weighted by atomic mass is 10.1. The number of hydrogen-bond donors (Lipinski definition) is 0. The molecule has 0 radical (unpaired) electrons. The van der Waals surface area contributed by atoms with Crippen molar-refractivity contribution in [1.82, 2.24) is 4.90 Å². The summed E-state index contributed by atoms with van der Waals surface area (Å²) in [6, 6.07) is 0. The molecule has 0 unspecified atom stereocenters. The van der Waals surface area contributed by atoms with Crippen LogP contribution in [0.15, 0.2) is 22.8 Å². The van der Waals surface area contributed by atoms with Gasteiger partial charge in [0.15, 0.2) is 0 Å². The van der Waals surface area contributed by atoms with Gasteiger partial charge in [-0.1, -0.05) is 22.8 Å². The number of allylic oxidation sites excluding steroid dienone is 3. The van der Waals surface area contributed by atoms with E-state index < -0.39 is 0 Å². The summed E-state index contributed by atoms with van der Waals surface area (Å²) in [5.41, 5.74) is 4.53. The Labute approximate surface area is 128 Å². The summed E-state index contributed by atoms with van der Waals surface area (Å²) in [5, 5.41) is 0. The molecule has 0 atom stereocenters. The van der Waals surface area contributed by atoms with Crippen LogP contribution in [0.1, 0.15) is 26.7 Å². The van der Waals surface area contributed by atoms with E-state index >= 15 is 0 Å². The molecule has 1 fully saturated rings. The average Bonchev–Trinajstić information content (AvgIpc) is 2.77. The molecular weight excluding hydrogens is 266 g/mol. The van der Waals surface area contributed by atoms with E-state index in [-0.39, 0.29) is 0 Å². The highest BCUT2D eigenvalue weighted by Crippen LogP contribution is 2.26. The summed E-state index contributed by atoms with van der Waals surface area (Å²) in [6.45, 7) is 11.7. The third-order valence-corrected chi connectivity index (χ3v) is 4.18. The zero-order chi connectivity index (χ0) is 14.9. The standard InChI is InChI=1S/C17H29NO3/c1-15-13-17(14-16(15)2)3-4-18-5-7-19-9-11-21-12-10-20-8-6-18/h13H,3-12,14H2,1-2H3. The topological polar surface area (TPSA) is 30.9 Å². The maximum atomic E-state index is 5.61. The Morgan fingerprint density at radius 1 is 0.905 bits per heavy atom. The summed E-state index contributed by atoms with van der Waals surface area (Å²) in [7, 11) is 0. The van der Waals surface area contributed by atoms with Gasteiger partial charge < -0.3 is 14.2 Å². The molecule has 1 heterocycles. The van der Waals surface area contributed by atoms with Gasteiger partial charge in [0.05, 0.1) is 39.6 Å². The molecule has 0 saturated carbocycles. The smallest absolute Gasteiger partial charge is 0.0701 e. The van der Waals surface area contributed by atoms with E-state index in [0.29, 0.717) is 26.4 Å². The molecule has 120 valence electrons. The van der Waals surface area contributed by atoms with E-state index in [1.165, 1.54) is 11.1 Å². The quantitative estimate of drug-likeness (QED) is 0.800. The molecule has 0 bridgehead atoms. The van der Waals surface area contributed by atoms with Gasteiger partial charge in [-0.05, 0) is 26.7 Å². The molecule has 0 aromatic heterocycles. The fourth-order valence-electron chi connectivity index (χ4n) is 2.69. The van der Waals surface area contributed by atoms with Crippen molar-refractivity contribution < 1.29 is 14.2 Å². The van der Waals surface area contributed by atoms with Crippen molar-refractivity contribution in [2.24, 2.45) is 0 Å². The second-order valence-corrected chi connectivity index (χ2v) is 5.87. The van der Waals surface area contributed by atoms with Crippen LogP contribution in [-0.4, -0.2) is 64.2 Å². The predicted octanol–water partition coefficient (Wildman–Crippen LogP) is 2.41. The second-order valence-electron chi connectivity index (χ2n) is 5.87. The highest BCUT2D eigenvalue weighted by atomic mass is 16.5. The monoisotopic (exact) mass is 295 g/mol. The van der Waals surface area contributed by atoms with Gasteiger partial charge in [-0.15, -0.1) is 0 Å². The number of rotatable bonds is 3. The van der Waals surface area contributed by atoms with Crippen LogP contribution < -0.4 is 0 Å². The van der Waals surface area contributed by atoms with E-state index in [0.717, 1.165) is 45.7 Å². The lowest BCUT2D eigenvalue weighted by molar-refractivity contribution is -0.00568. The van der Waals surface area contributed by atoms with Crippen LogP contribution in [0.2, 0.25) is 0 Å². The van der Waals surface area contributed by atoms with E-state index in [9.17, 15) is 0 Å². The fraction of sp³-hybridized carbons (Fsp3) is 0.765. The van der Waals surface area contributed by atoms with E-state index in [4.69, 9.17) is 14.2 Å². The minimum absolute atomic E-state index is 0.667. The molecule has 2 aliphatic rings. The molecule has 0 amide bonds. The van der Waals surface area contributed by atoms with Crippen molar-refractivity contribution >= 4 is 0 Å². The molecule has 1 aliphatic carbocycles. The van der Waals surface area contributed by atoms with Crippen LogP contribution in [0.3, 0.4) is 0 Å². The first kappa shape index (κ1) is 16.7. The van der Waals surface area contributed by atoms with Crippen LogP contribution in [0, 0.1) is 0 Å². The number of hydrogen-bond acceptors (Lipinski definition) is 4. The highest BCUT2D eigenvalue weighted by Gasteiger charge is 2.12. The molecular formula is C17H29NO3. The zero-order valence-electron chi connectivity index (χ0n) is 13.5. The second kappa shape index (κ2) is 9.36. The van der Waals surface area contributed by atoms with E-state index in [1.807, 2.05) is 0 Å². The van der Waals surface area contributed by atoms with Crippen molar-refractivity contribution in [2.45, 2.75) is 26.7 Å². The van der Waals surface area contributed by atoms with Gasteiger partial charge in [-0.2, -0.15) is 0 Å². The average molecular weight is 295 g/mol. The summed E-state index contributed by atoms with van der Waals surface area (Å²) in [5.74, 6) is 0. The Hall–Kier alpha value is -0.680. The normalized spacial score (nSPS) is 23.6. The van der Waals surface area contributed by atoms with Gasteiger partial charge >= 0.3 is 0 Å². The SMILES string of the molecule is CC1=C(C)CC(CCN2CCOCCOCCOCC2)=C1. The molecule has 4 heteroatoms. The first-order valence-electron chi connectivity index (χ1n) is 8.07. The molecule has 0 aromatic rings. The molecule has 1 saturated heterocycles. The van der Waals surface area contributed by atoms with E-state index in [1.54, 1.807) is 5.57 Å². The van der Waals surface area contributed by atoms with E-state index in [2.05, 4.69) is 24.8 Å². The van der Waals surface area contributed by atoms with Gasteiger partial charge in [0.1, 0.15) is 0 Å². The first-order chi connectivity index (χ1) is 10.3. The molecule has 0 aromatic carbocycles. The molecule has 1 aliphatic heterocycles. The molecule has 2 rings (SSSR count). The van der Waals surface area contributed by atoms with Gasteiger partial charge in [-0.3, -0.25) is 4.90 Å². The fourth-order valence-corrected chi connectivity index (χ4v) is 2.69. The van der Waals surface area contributed by atoms with Crippen molar-refractivity contribution in [2.75, 3.05) is 59.3 Å². The van der Waals surface area contributed by atoms with Crippen LogP contribution in [-0.2, 0) is 14.2 Å². The van der Waals surface area contributed by atoms with Crippen molar-refractivity contribution in [1.29, 1.82) is 0 Å². The Balaban J connectivity index is 1.72. The largest absolute Gasteiger partial charge is 0.378 e. The maximum Gasteiger partial charge on any atom is 0.0701 e. The van der Waals surface area contributed by atoms with Gasteiger partial charge in [-0.25, -0.2) is 0 Å². The summed E-state index contributed by atoms with van der Waals surface area (Å²) < 4.78 is 16.6. The molecule has 4 nitrogen and oxygen atoms in total. The zero-order valence-corrected chi connectivity index (χ0v) is 13.5. The van der Waals surface area contributed by atoms with Crippen LogP contribution in [0.4, 0.5) is 0 Å². The first-order valence-corrected chi connectivity index (χ1v) is 8.07. The van der Waals surface area contributed by atoms with Crippen LogP contribution in [0.25, 0.3) is 0 Å². The minimum Gasteiger partial charge on any atom is -0.378 e. The third kappa shape index (κ3) is 6.30. The van der Waals surface area contributed by atoms with Gasteiger partial charge in [0, 0.05) is 19.6 Å². The number of ether oxygens (including phenoxy) is 3. The van der Waals surface area contributed by atoms with Crippen molar-refractivity contribution in [3.05, 3.63) is 22.8 Å².